The maximum atomic E-state index is 12.1. The molecule has 2 aromatic heterocycles. The van der Waals surface area contributed by atoms with E-state index in [1.165, 1.54) is 16.9 Å². The van der Waals surface area contributed by atoms with Crippen LogP contribution in [0, 0.1) is 6.92 Å². The van der Waals surface area contributed by atoms with Gasteiger partial charge in [-0.25, -0.2) is 4.98 Å². The lowest BCUT2D eigenvalue weighted by atomic mass is 10.1. The first-order valence-electron chi connectivity index (χ1n) is 8.38. The lowest BCUT2D eigenvalue weighted by molar-refractivity contribution is 0.101. The summed E-state index contributed by atoms with van der Waals surface area (Å²) in [4.78, 5) is 17.2. The van der Waals surface area contributed by atoms with Gasteiger partial charge in [-0.3, -0.25) is 9.36 Å². The molecule has 0 atom stereocenters. The maximum absolute atomic E-state index is 12.1. The average molecular weight is 362 g/mol. The highest BCUT2D eigenvalue weighted by atomic mass is 32.1. The molecule has 0 saturated heterocycles. The first kappa shape index (κ1) is 16.5. The fraction of sp³-hybridized carbons (Fsp3) is 0.143. The second-order valence-corrected chi connectivity index (χ2v) is 7.18. The van der Waals surface area contributed by atoms with Crippen LogP contribution in [0.2, 0.25) is 0 Å². The van der Waals surface area contributed by atoms with E-state index >= 15 is 0 Å². The molecular formula is C21H18N2O2S. The molecule has 26 heavy (non-hydrogen) atoms. The smallest absolute Gasteiger partial charge is 0.173 e. The van der Waals surface area contributed by atoms with Gasteiger partial charge in [-0.1, -0.05) is 36.4 Å². The molecule has 0 bridgehead atoms. The number of nitrogens with zero attached hydrogens (tertiary/aromatic N) is 2. The minimum atomic E-state index is 0.00505. The number of imidazole rings is 1. The molecule has 0 aliphatic heterocycles. The molecule has 0 unspecified atom stereocenters. The van der Waals surface area contributed by atoms with Crippen LogP contribution >= 0.6 is 11.3 Å². The SMILES string of the molecule is CC(=O)c1sc(-n2cnc3ccccc32)cc1OCc1ccccc1C. The summed E-state index contributed by atoms with van der Waals surface area (Å²) in [6.07, 6.45) is 1.78. The van der Waals surface area contributed by atoms with E-state index in [2.05, 4.69) is 18.0 Å². The second kappa shape index (κ2) is 6.77. The summed E-state index contributed by atoms with van der Waals surface area (Å²) in [7, 11) is 0. The van der Waals surface area contributed by atoms with Crippen molar-refractivity contribution >= 4 is 28.2 Å². The van der Waals surface area contributed by atoms with E-state index in [1.54, 1.807) is 13.3 Å². The van der Waals surface area contributed by atoms with Crippen molar-refractivity contribution in [2.24, 2.45) is 0 Å². The van der Waals surface area contributed by atoms with E-state index in [4.69, 9.17) is 4.74 Å². The highest BCUT2D eigenvalue weighted by Crippen LogP contribution is 2.34. The first-order chi connectivity index (χ1) is 12.6. The summed E-state index contributed by atoms with van der Waals surface area (Å²) in [5, 5.41) is 0.920. The molecule has 0 saturated carbocycles. The Morgan fingerprint density at radius 1 is 1.15 bits per heavy atom. The van der Waals surface area contributed by atoms with E-state index in [0.29, 0.717) is 17.2 Å². The molecule has 5 heteroatoms. The Kier molecular flexibility index (Phi) is 4.31. The summed E-state index contributed by atoms with van der Waals surface area (Å²) in [5.74, 6) is 0.629. The first-order valence-corrected chi connectivity index (χ1v) is 9.19. The van der Waals surface area contributed by atoms with Crippen molar-refractivity contribution in [1.29, 1.82) is 0 Å². The zero-order chi connectivity index (χ0) is 18.1. The third kappa shape index (κ3) is 3.02. The fourth-order valence-corrected chi connectivity index (χ4v) is 3.88. The number of hydrogen-bond donors (Lipinski definition) is 0. The van der Waals surface area contributed by atoms with Gasteiger partial charge in [0.25, 0.3) is 0 Å². The predicted molar refractivity (Wildman–Crippen MR) is 104 cm³/mol. The van der Waals surface area contributed by atoms with Gasteiger partial charge >= 0.3 is 0 Å². The van der Waals surface area contributed by atoms with Gasteiger partial charge < -0.3 is 4.74 Å². The van der Waals surface area contributed by atoms with Crippen LogP contribution in [0.25, 0.3) is 16.0 Å². The molecule has 0 aliphatic rings. The Balaban J connectivity index is 1.69. The molecule has 0 N–H and O–H groups in total. The highest BCUT2D eigenvalue weighted by molar-refractivity contribution is 7.16. The van der Waals surface area contributed by atoms with Crippen molar-refractivity contribution < 1.29 is 9.53 Å². The zero-order valence-electron chi connectivity index (χ0n) is 14.6. The summed E-state index contributed by atoms with van der Waals surface area (Å²) in [5.41, 5.74) is 4.22. The average Bonchev–Trinajstić information content (AvgIpc) is 3.25. The van der Waals surface area contributed by atoms with Crippen LogP contribution < -0.4 is 4.74 Å². The quantitative estimate of drug-likeness (QED) is 0.460. The van der Waals surface area contributed by atoms with E-state index in [-0.39, 0.29) is 5.78 Å². The van der Waals surface area contributed by atoms with Crippen molar-refractivity contribution in [2.75, 3.05) is 0 Å². The largest absolute Gasteiger partial charge is 0.487 e. The summed E-state index contributed by atoms with van der Waals surface area (Å²) in [6, 6.07) is 18.0. The number of ether oxygens (including phenoxy) is 1. The lowest BCUT2D eigenvalue weighted by Gasteiger charge is -2.08. The number of ketones is 1. The topological polar surface area (TPSA) is 44.1 Å². The molecule has 0 amide bonds. The van der Waals surface area contributed by atoms with Gasteiger partial charge in [0, 0.05) is 13.0 Å². The molecule has 2 heterocycles. The van der Waals surface area contributed by atoms with Crippen molar-refractivity contribution in [3.8, 4) is 10.8 Å². The van der Waals surface area contributed by atoms with Gasteiger partial charge in [0.1, 0.15) is 28.6 Å². The Morgan fingerprint density at radius 3 is 2.73 bits per heavy atom. The van der Waals surface area contributed by atoms with Crippen LogP contribution in [0.15, 0.2) is 60.9 Å². The monoisotopic (exact) mass is 362 g/mol. The van der Waals surface area contributed by atoms with Crippen LogP contribution in [0.3, 0.4) is 0 Å². The Bertz CT molecular complexity index is 1090. The molecular weight excluding hydrogens is 344 g/mol. The zero-order valence-corrected chi connectivity index (χ0v) is 15.4. The van der Waals surface area contributed by atoms with Crippen LogP contribution in [-0.2, 0) is 6.61 Å². The number of Topliss-reactive ketones (excluding diaryl/α,β-unsaturated/α-hetero) is 1. The van der Waals surface area contributed by atoms with E-state index in [1.807, 2.05) is 53.1 Å². The Labute approximate surface area is 155 Å². The molecule has 0 aliphatic carbocycles. The van der Waals surface area contributed by atoms with E-state index in [0.717, 1.165) is 21.6 Å². The predicted octanol–water partition coefficient (Wildman–Crippen LogP) is 5.18. The van der Waals surface area contributed by atoms with Gasteiger partial charge in [-0.2, -0.15) is 0 Å². The number of rotatable bonds is 5. The molecule has 0 spiro atoms. The number of carbonyl (C=O) groups is 1. The number of carbonyl (C=O) groups excluding carboxylic acids is 1. The summed E-state index contributed by atoms with van der Waals surface area (Å²) < 4.78 is 8.01. The molecule has 2 aromatic carbocycles. The number of aryl methyl sites for hydroxylation is 1. The molecule has 4 rings (SSSR count). The standard InChI is InChI=1S/C21H18N2O2S/c1-14-7-3-4-8-16(14)12-25-19-11-20(26-21(19)15(2)24)23-13-22-17-9-5-6-10-18(17)23/h3-11,13H,12H2,1-2H3. The minimum Gasteiger partial charge on any atom is -0.487 e. The number of benzene rings is 2. The van der Waals surface area contributed by atoms with Crippen molar-refractivity contribution in [3.63, 3.8) is 0 Å². The Morgan fingerprint density at radius 2 is 1.92 bits per heavy atom. The molecule has 0 fully saturated rings. The highest BCUT2D eigenvalue weighted by Gasteiger charge is 2.17. The third-order valence-corrected chi connectivity index (χ3v) is 5.56. The lowest BCUT2D eigenvalue weighted by Crippen LogP contribution is -2.00. The minimum absolute atomic E-state index is 0.00505. The van der Waals surface area contributed by atoms with Crippen LogP contribution in [-0.4, -0.2) is 15.3 Å². The number of para-hydroxylation sites is 2. The van der Waals surface area contributed by atoms with Crippen molar-refractivity contribution in [3.05, 3.63) is 76.9 Å². The van der Waals surface area contributed by atoms with Gasteiger partial charge in [-0.05, 0) is 30.2 Å². The van der Waals surface area contributed by atoms with Crippen molar-refractivity contribution in [2.45, 2.75) is 20.5 Å². The maximum Gasteiger partial charge on any atom is 0.173 e. The van der Waals surface area contributed by atoms with Gasteiger partial charge in [0.15, 0.2) is 5.78 Å². The number of hydrogen-bond acceptors (Lipinski definition) is 4. The number of thiophene rings is 1. The van der Waals surface area contributed by atoms with Gasteiger partial charge in [-0.15, -0.1) is 11.3 Å². The van der Waals surface area contributed by atoms with Crippen LogP contribution in [0.4, 0.5) is 0 Å². The van der Waals surface area contributed by atoms with Crippen LogP contribution in [0.5, 0.6) is 5.75 Å². The second-order valence-electron chi connectivity index (χ2n) is 6.15. The Hall–Kier alpha value is -2.92. The summed E-state index contributed by atoms with van der Waals surface area (Å²) in [6.45, 7) is 4.07. The van der Waals surface area contributed by atoms with E-state index in [9.17, 15) is 4.79 Å². The van der Waals surface area contributed by atoms with Crippen molar-refractivity contribution in [1.82, 2.24) is 9.55 Å². The molecule has 4 nitrogen and oxygen atoms in total. The normalized spacial score (nSPS) is 11.0. The molecule has 130 valence electrons. The third-order valence-electron chi connectivity index (χ3n) is 4.34. The number of fused-ring (bicyclic) bond motifs is 1. The van der Waals surface area contributed by atoms with Gasteiger partial charge in [0.05, 0.1) is 11.0 Å². The number of aromatic nitrogens is 2. The molecule has 0 radical (unpaired) electrons. The fourth-order valence-electron chi connectivity index (χ4n) is 2.90. The van der Waals surface area contributed by atoms with Gasteiger partial charge in [0.2, 0.25) is 0 Å². The summed E-state index contributed by atoms with van der Waals surface area (Å²) >= 11 is 1.43. The van der Waals surface area contributed by atoms with E-state index < -0.39 is 0 Å². The van der Waals surface area contributed by atoms with Crippen LogP contribution in [0.1, 0.15) is 27.7 Å². The molecule has 4 aromatic rings.